The van der Waals surface area contributed by atoms with E-state index in [1.807, 2.05) is 18.2 Å². The largest absolute Gasteiger partial charge is 0.491 e. The molecular weight excluding hydrogens is 334 g/mol. The van der Waals surface area contributed by atoms with E-state index in [0.717, 1.165) is 12.3 Å². The van der Waals surface area contributed by atoms with Gasteiger partial charge in [-0.25, -0.2) is 0 Å². The molecule has 3 nitrogen and oxygen atoms in total. The molecule has 0 spiro atoms. The van der Waals surface area contributed by atoms with E-state index in [4.69, 9.17) is 4.74 Å². The van der Waals surface area contributed by atoms with Gasteiger partial charge in [-0.1, -0.05) is 82.5 Å². The summed E-state index contributed by atoms with van der Waals surface area (Å²) in [6.45, 7) is 8.51. The minimum absolute atomic E-state index is 0.0546. The van der Waals surface area contributed by atoms with Crippen LogP contribution in [0, 0.1) is 0 Å². The van der Waals surface area contributed by atoms with E-state index in [1.165, 1.54) is 36.8 Å². The van der Waals surface area contributed by atoms with Crippen molar-refractivity contribution in [1.29, 1.82) is 0 Å². The van der Waals surface area contributed by atoms with Crippen LogP contribution in [0.25, 0.3) is 0 Å². The second-order valence-corrected chi connectivity index (χ2v) is 7.75. The number of nitrogens with one attached hydrogen (secondary N) is 1. The normalized spacial score (nSPS) is 12.7. The van der Waals surface area contributed by atoms with Crippen molar-refractivity contribution in [3.05, 3.63) is 65.7 Å². The fourth-order valence-corrected chi connectivity index (χ4v) is 3.19. The maximum absolute atomic E-state index is 10.1. The summed E-state index contributed by atoms with van der Waals surface area (Å²) in [5.41, 5.74) is 2.48. The van der Waals surface area contributed by atoms with E-state index in [9.17, 15) is 5.11 Å². The molecule has 1 atom stereocenters. The fraction of sp³-hybridized carbons (Fsp3) is 0.500. The van der Waals surface area contributed by atoms with Crippen LogP contribution >= 0.6 is 0 Å². The number of unbranched alkanes of at least 4 members (excludes halogenated alkanes) is 3. The molecule has 0 saturated carbocycles. The van der Waals surface area contributed by atoms with Gasteiger partial charge in [-0.3, -0.25) is 0 Å². The van der Waals surface area contributed by atoms with Gasteiger partial charge in [-0.05, 0) is 36.2 Å². The molecule has 0 radical (unpaired) electrons. The summed E-state index contributed by atoms with van der Waals surface area (Å²) in [4.78, 5) is 0. The Morgan fingerprint density at radius 1 is 0.926 bits per heavy atom. The summed E-state index contributed by atoms with van der Waals surface area (Å²) in [6.07, 6.45) is 4.46. The van der Waals surface area contributed by atoms with E-state index >= 15 is 0 Å². The van der Waals surface area contributed by atoms with Crippen LogP contribution in [0.3, 0.4) is 0 Å². The van der Waals surface area contributed by atoms with Crippen LogP contribution in [0.2, 0.25) is 0 Å². The quantitative estimate of drug-likeness (QED) is 0.522. The average Bonchev–Trinajstić information content (AvgIpc) is 2.70. The van der Waals surface area contributed by atoms with Gasteiger partial charge in [0.1, 0.15) is 18.5 Å². The summed E-state index contributed by atoms with van der Waals surface area (Å²) in [5, 5.41) is 13.4. The Labute approximate surface area is 164 Å². The molecule has 27 heavy (non-hydrogen) atoms. The maximum Gasteiger partial charge on any atom is 0.119 e. The van der Waals surface area contributed by atoms with Crippen molar-refractivity contribution in [2.75, 3.05) is 19.7 Å². The molecule has 2 aromatic carbocycles. The van der Waals surface area contributed by atoms with Gasteiger partial charge in [0.05, 0.1) is 0 Å². The van der Waals surface area contributed by atoms with Crippen LogP contribution in [0.15, 0.2) is 54.6 Å². The summed E-state index contributed by atoms with van der Waals surface area (Å²) in [7, 11) is 0. The van der Waals surface area contributed by atoms with Crippen LogP contribution in [-0.4, -0.2) is 30.9 Å². The summed E-state index contributed by atoms with van der Waals surface area (Å²) in [6, 6.07) is 18.7. The third kappa shape index (κ3) is 7.00. The molecular formula is C24H35NO2. The lowest BCUT2D eigenvalue weighted by Gasteiger charge is -2.26. The van der Waals surface area contributed by atoms with Crippen molar-refractivity contribution in [3.8, 4) is 5.75 Å². The second kappa shape index (κ2) is 11.1. The number of hydrogen-bond donors (Lipinski definition) is 2. The first kappa shape index (κ1) is 21.5. The first-order valence-corrected chi connectivity index (χ1v) is 10.2. The smallest absolute Gasteiger partial charge is 0.119 e. The summed E-state index contributed by atoms with van der Waals surface area (Å²) < 4.78 is 5.75. The molecule has 2 aromatic rings. The second-order valence-electron chi connectivity index (χ2n) is 7.75. The van der Waals surface area contributed by atoms with Crippen molar-refractivity contribution >= 4 is 0 Å². The SMILES string of the molecule is CCCCCCNC[C@H](O)COc1ccc(C(C)(C)c2ccccc2)cc1. The molecule has 0 aromatic heterocycles. The van der Waals surface area contributed by atoms with Gasteiger partial charge >= 0.3 is 0 Å². The first-order valence-electron chi connectivity index (χ1n) is 10.2. The molecule has 0 aliphatic carbocycles. The lowest BCUT2D eigenvalue weighted by molar-refractivity contribution is 0.106. The molecule has 0 heterocycles. The Morgan fingerprint density at radius 3 is 2.26 bits per heavy atom. The maximum atomic E-state index is 10.1. The minimum atomic E-state index is -0.489. The van der Waals surface area contributed by atoms with Crippen molar-refractivity contribution in [2.45, 2.75) is 58.0 Å². The van der Waals surface area contributed by atoms with Crippen molar-refractivity contribution in [3.63, 3.8) is 0 Å². The van der Waals surface area contributed by atoms with Crippen molar-refractivity contribution < 1.29 is 9.84 Å². The highest BCUT2D eigenvalue weighted by Crippen LogP contribution is 2.32. The van der Waals surface area contributed by atoms with Crippen LogP contribution in [0.5, 0.6) is 5.75 Å². The number of ether oxygens (including phenoxy) is 1. The molecule has 0 unspecified atom stereocenters. The van der Waals surface area contributed by atoms with Gasteiger partial charge in [0.2, 0.25) is 0 Å². The third-order valence-electron chi connectivity index (χ3n) is 5.10. The lowest BCUT2D eigenvalue weighted by atomic mass is 9.78. The highest BCUT2D eigenvalue weighted by atomic mass is 16.5. The Kier molecular flexibility index (Phi) is 8.83. The van der Waals surface area contributed by atoms with Crippen LogP contribution in [-0.2, 0) is 5.41 Å². The van der Waals surface area contributed by atoms with Crippen LogP contribution < -0.4 is 10.1 Å². The highest BCUT2D eigenvalue weighted by Gasteiger charge is 2.22. The van der Waals surface area contributed by atoms with Gasteiger partial charge in [0, 0.05) is 12.0 Å². The molecule has 2 N–H and O–H groups in total. The summed E-state index contributed by atoms with van der Waals surface area (Å²) >= 11 is 0. The third-order valence-corrected chi connectivity index (χ3v) is 5.10. The Bertz CT molecular complexity index is 637. The van der Waals surface area contributed by atoms with E-state index in [1.54, 1.807) is 0 Å². The molecule has 0 amide bonds. The average molecular weight is 370 g/mol. The number of benzene rings is 2. The summed E-state index contributed by atoms with van der Waals surface area (Å²) in [5.74, 6) is 0.796. The molecule has 0 fully saturated rings. The molecule has 0 bridgehead atoms. The zero-order valence-electron chi connectivity index (χ0n) is 17.1. The fourth-order valence-electron chi connectivity index (χ4n) is 3.19. The Morgan fingerprint density at radius 2 is 1.59 bits per heavy atom. The monoisotopic (exact) mass is 369 g/mol. The predicted molar refractivity (Wildman–Crippen MR) is 114 cm³/mol. The number of aliphatic hydroxyl groups is 1. The number of aliphatic hydroxyl groups excluding tert-OH is 1. The van der Waals surface area contributed by atoms with Gasteiger partial charge in [-0.15, -0.1) is 0 Å². The van der Waals surface area contributed by atoms with Gasteiger partial charge < -0.3 is 15.2 Å². The van der Waals surface area contributed by atoms with Crippen molar-refractivity contribution in [1.82, 2.24) is 5.32 Å². The molecule has 0 aliphatic rings. The van der Waals surface area contributed by atoms with E-state index in [2.05, 4.69) is 62.5 Å². The van der Waals surface area contributed by atoms with Crippen LogP contribution in [0.1, 0.15) is 57.6 Å². The number of hydrogen-bond acceptors (Lipinski definition) is 3. The lowest BCUT2D eigenvalue weighted by Crippen LogP contribution is -2.32. The Hall–Kier alpha value is -1.84. The Balaban J connectivity index is 1.77. The van der Waals surface area contributed by atoms with E-state index in [-0.39, 0.29) is 5.41 Å². The van der Waals surface area contributed by atoms with E-state index in [0.29, 0.717) is 13.2 Å². The highest BCUT2D eigenvalue weighted by molar-refractivity contribution is 5.39. The predicted octanol–water partition coefficient (Wildman–Crippen LogP) is 4.92. The zero-order chi connectivity index (χ0) is 19.5. The zero-order valence-corrected chi connectivity index (χ0v) is 17.1. The molecule has 3 heteroatoms. The molecule has 148 valence electrons. The van der Waals surface area contributed by atoms with E-state index < -0.39 is 6.10 Å². The van der Waals surface area contributed by atoms with Crippen molar-refractivity contribution in [2.24, 2.45) is 0 Å². The molecule has 2 rings (SSSR count). The molecule has 0 aliphatic heterocycles. The first-order chi connectivity index (χ1) is 13.0. The van der Waals surface area contributed by atoms with Gasteiger partial charge in [0.15, 0.2) is 0 Å². The van der Waals surface area contributed by atoms with Gasteiger partial charge in [0.25, 0.3) is 0 Å². The topological polar surface area (TPSA) is 41.5 Å². The molecule has 0 saturated heterocycles. The van der Waals surface area contributed by atoms with Gasteiger partial charge in [-0.2, -0.15) is 0 Å². The van der Waals surface area contributed by atoms with Crippen LogP contribution in [0.4, 0.5) is 0 Å². The standard InChI is InChI=1S/C24H35NO2/c1-4-5-6-10-17-25-18-22(26)19-27-23-15-13-21(14-16-23)24(2,3)20-11-8-7-9-12-20/h7-9,11-16,22,25-26H,4-6,10,17-19H2,1-3H3/t22-/m0/s1. The number of rotatable bonds is 12. The minimum Gasteiger partial charge on any atom is -0.491 e.